The zero-order valence-electron chi connectivity index (χ0n) is 10.3. The van der Waals surface area contributed by atoms with Crippen LogP contribution < -0.4 is 5.32 Å². The largest absolute Gasteiger partial charge is 0.322 e. The van der Waals surface area contributed by atoms with Crippen molar-refractivity contribution in [2.24, 2.45) is 0 Å². The Kier molecular flexibility index (Phi) is 4.54. The van der Waals surface area contributed by atoms with Crippen LogP contribution in [0, 0.1) is 15.9 Å². The summed E-state index contributed by atoms with van der Waals surface area (Å²) in [5.74, 6) is -1.58. The van der Waals surface area contributed by atoms with Gasteiger partial charge < -0.3 is 5.32 Å². The van der Waals surface area contributed by atoms with E-state index in [-0.39, 0.29) is 16.3 Å². The van der Waals surface area contributed by atoms with Gasteiger partial charge in [0.2, 0.25) is 5.82 Å². The van der Waals surface area contributed by atoms with Crippen molar-refractivity contribution in [3.05, 3.63) is 67.4 Å². The number of benzene rings is 2. The van der Waals surface area contributed by atoms with Crippen LogP contribution >= 0.6 is 27.5 Å². The number of nitro groups is 1. The van der Waals surface area contributed by atoms with Gasteiger partial charge in [0.05, 0.1) is 15.5 Å². The lowest BCUT2D eigenvalue weighted by molar-refractivity contribution is -0.387. The van der Waals surface area contributed by atoms with Gasteiger partial charge in [-0.3, -0.25) is 14.9 Å². The Morgan fingerprint density at radius 3 is 2.67 bits per heavy atom. The van der Waals surface area contributed by atoms with E-state index in [0.29, 0.717) is 4.47 Å². The van der Waals surface area contributed by atoms with E-state index in [0.717, 1.165) is 12.1 Å². The first-order valence-corrected chi connectivity index (χ1v) is 6.76. The van der Waals surface area contributed by atoms with Gasteiger partial charge in [0.1, 0.15) is 0 Å². The van der Waals surface area contributed by atoms with Crippen molar-refractivity contribution in [2.45, 2.75) is 0 Å². The van der Waals surface area contributed by atoms with E-state index < -0.39 is 22.3 Å². The molecule has 1 amide bonds. The van der Waals surface area contributed by atoms with E-state index in [4.69, 9.17) is 11.6 Å². The molecule has 0 spiro atoms. The molecule has 0 heterocycles. The maximum absolute atomic E-state index is 13.5. The summed E-state index contributed by atoms with van der Waals surface area (Å²) in [4.78, 5) is 21.7. The Labute approximate surface area is 132 Å². The number of rotatable bonds is 3. The van der Waals surface area contributed by atoms with Crippen molar-refractivity contribution in [3.63, 3.8) is 0 Å². The lowest BCUT2D eigenvalue weighted by atomic mass is 10.2. The van der Waals surface area contributed by atoms with Gasteiger partial charge in [-0.2, -0.15) is 4.39 Å². The van der Waals surface area contributed by atoms with Gasteiger partial charge in [-0.15, -0.1) is 0 Å². The molecule has 5 nitrogen and oxygen atoms in total. The fourth-order valence-electron chi connectivity index (χ4n) is 1.61. The van der Waals surface area contributed by atoms with E-state index in [1.165, 1.54) is 12.1 Å². The monoisotopic (exact) mass is 372 g/mol. The van der Waals surface area contributed by atoms with Crippen LogP contribution in [-0.2, 0) is 0 Å². The normalized spacial score (nSPS) is 10.2. The van der Waals surface area contributed by atoms with Crippen molar-refractivity contribution in [1.29, 1.82) is 0 Å². The molecule has 0 atom stereocenters. The van der Waals surface area contributed by atoms with E-state index in [1.54, 1.807) is 12.1 Å². The second-order valence-electron chi connectivity index (χ2n) is 3.98. The standard InChI is InChI=1S/C13H7BrClFN2O3/c14-9-3-1-2-8(12(9)15)13(19)17-7-4-5-11(18(20)21)10(16)6-7/h1-6H,(H,17,19). The van der Waals surface area contributed by atoms with Gasteiger partial charge in [-0.1, -0.05) is 17.7 Å². The SMILES string of the molecule is O=C(Nc1ccc([N+](=O)[O-])c(F)c1)c1cccc(Br)c1Cl. The second kappa shape index (κ2) is 6.19. The number of carbonyl (C=O) groups excluding carboxylic acids is 1. The molecule has 0 unspecified atom stereocenters. The van der Waals surface area contributed by atoms with Crippen molar-refractivity contribution in [3.8, 4) is 0 Å². The summed E-state index contributed by atoms with van der Waals surface area (Å²) in [6, 6.07) is 7.90. The Hall–Kier alpha value is -1.99. The first-order chi connectivity index (χ1) is 9.90. The number of carbonyl (C=O) groups is 1. The minimum Gasteiger partial charge on any atom is -0.322 e. The maximum Gasteiger partial charge on any atom is 0.304 e. The van der Waals surface area contributed by atoms with Gasteiger partial charge in [-0.05, 0) is 34.1 Å². The fourth-order valence-corrected chi connectivity index (χ4v) is 2.19. The summed E-state index contributed by atoms with van der Waals surface area (Å²) < 4.78 is 14.0. The van der Waals surface area contributed by atoms with Crippen molar-refractivity contribution in [2.75, 3.05) is 5.32 Å². The van der Waals surface area contributed by atoms with Crippen LogP contribution in [0.25, 0.3) is 0 Å². The zero-order chi connectivity index (χ0) is 15.6. The third kappa shape index (κ3) is 3.37. The first kappa shape index (κ1) is 15.4. The number of hydrogen-bond acceptors (Lipinski definition) is 3. The molecule has 0 aliphatic heterocycles. The minimum absolute atomic E-state index is 0.0964. The number of nitro benzene ring substituents is 1. The quantitative estimate of drug-likeness (QED) is 0.640. The lowest BCUT2D eigenvalue weighted by Crippen LogP contribution is -2.12. The summed E-state index contributed by atoms with van der Waals surface area (Å²) in [5, 5.41) is 13.2. The second-order valence-corrected chi connectivity index (χ2v) is 5.21. The number of nitrogens with zero attached hydrogens (tertiary/aromatic N) is 1. The maximum atomic E-state index is 13.5. The molecule has 108 valence electrons. The average molecular weight is 374 g/mol. The summed E-state index contributed by atoms with van der Waals surface area (Å²) in [6.45, 7) is 0. The van der Waals surface area contributed by atoms with Gasteiger partial charge in [0, 0.05) is 22.3 Å². The molecular formula is C13H7BrClFN2O3. The molecule has 0 aromatic heterocycles. The van der Waals surface area contributed by atoms with E-state index in [2.05, 4.69) is 21.2 Å². The topological polar surface area (TPSA) is 72.2 Å². The molecule has 1 N–H and O–H groups in total. The summed E-state index contributed by atoms with van der Waals surface area (Å²) in [7, 11) is 0. The van der Waals surface area contributed by atoms with Crippen molar-refractivity contribution >= 4 is 44.8 Å². The molecule has 0 aliphatic carbocycles. The van der Waals surface area contributed by atoms with Crippen LogP contribution in [0.3, 0.4) is 0 Å². The molecule has 0 saturated carbocycles. The molecule has 0 bridgehead atoms. The molecule has 0 saturated heterocycles. The highest BCUT2D eigenvalue weighted by Gasteiger charge is 2.16. The van der Waals surface area contributed by atoms with Crippen LogP contribution in [-0.4, -0.2) is 10.8 Å². The molecule has 2 aromatic carbocycles. The van der Waals surface area contributed by atoms with Gasteiger partial charge in [0.25, 0.3) is 5.91 Å². The Morgan fingerprint density at radius 2 is 2.05 bits per heavy atom. The first-order valence-electron chi connectivity index (χ1n) is 5.59. The zero-order valence-corrected chi connectivity index (χ0v) is 12.6. The Bertz CT molecular complexity index is 739. The smallest absolute Gasteiger partial charge is 0.304 e. The van der Waals surface area contributed by atoms with Gasteiger partial charge >= 0.3 is 5.69 Å². The number of hydrogen-bond donors (Lipinski definition) is 1. The molecule has 2 rings (SSSR count). The highest BCUT2D eigenvalue weighted by atomic mass is 79.9. The van der Waals surface area contributed by atoms with Crippen LogP contribution in [0.2, 0.25) is 5.02 Å². The van der Waals surface area contributed by atoms with E-state index >= 15 is 0 Å². The third-order valence-corrected chi connectivity index (χ3v) is 3.89. The van der Waals surface area contributed by atoms with Crippen LogP contribution in [0.1, 0.15) is 10.4 Å². The van der Waals surface area contributed by atoms with Crippen LogP contribution in [0.4, 0.5) is 15.8 Å². The molecular weight excluding hydrogens is 367 g/mol. The highest BCUT2D eigenvalue weighted by molar-refractivity contribution is 9.10. The minimum atomic E-state index is -1.03. The highest BCUT2D eigenvalue weighted by Crippen LogP contribution is 2.27. The lowest BCUT2D eigenvalue weighted by Gasteiger charge is -2.08. The summed E-state index contributed by atoms with van der Waals surface area (Å²) in [6.07, 6.45) is 0. The van der Waals surface area contributed by atoms with Crippen LogP contribution in [0.5, 0.6) is 0 Å². The van der Waals surface area contributed by atoms with Crippen LogP contribution in [0.15, 0.2) is 40.9 Å². The third-order valence-electron chi connectivity index (χ3n) is 2.60. The number of anilines is 1. The predicted molar refractivity (Wildman–Crippen MR) is 80.2 cm³/mol. The van der Waals surface area contributed by atoms with Crippen molar-refractivity contribution in [1.82, 2.24) is 0 Å². The van der Waals surface area contributed by atoms with E-state index in [9.17, 15) is 19.3 Å². The molecule has 8 heteroatoms. The molecule has 0 fully saturated rings. The number of nitrogens with one attached hydrogen (secondary N) is 1. The van der Waals surface area contributed by atoms with Gasteiger partial charge in [-0.25, -0.2) is 0 Å². The average Bonchev–Trinajstić information content (AvgIpc) is 2.41. The molecule has 2 aromatic rings. The Balaban J connectivity index is 2.26. The Morgan fingerprint density at radius 1 is 1.33 bits per heavy atom. The van der Waals surface area contributed by atoms with Crippen molar-refractivity contribution < 1.29 is 14.1 Å². The molecule has 0 radical (unpaired) electrons. The molecule has 0 aliphatic rings. The van der Waals surface area contributed by atoms with Gasteiger partial charge in [0.15, 0.2) is 0 Å². The fraction of sp³-hybridized carbons (Fsp3) is 0. The number of amides is 1. The summed E-state index contributed by atoms with van der Waals surface area (Å²) >= 11 is 9.17. The molecule has 21 heavy (non-hydrogen) atoms. The predicted octanol–water partition coefficient (Wildman–Crippen LogP) is 4.40. The summed E-state index contributed by atoms with van der Waals surface area (Å²) in [5.41, 5.74) is -0.363. The number of halogens is 3. The van der Waals surface area contributed by atoms with E-state index in [1.807, 2.05) is 0 Å².